The van der Waals surface area contributed by atoms with Gasteiger partial charge in [0.15, 0.2) is 0 Å². The molecule has 2 nitrogen and oxygen atoms in total. The minimum atomic E-state index is -0.0549. The summed E-state index contributed by atoms with van der Waals surface area (Å²) < 4.78 is 14.0. The molecule has 0 amide bonds. The molecule has 1 aromatic carbocycles. The van der Waals surface area contributed by atoms with Crippen molar-refractivity contribution in [3.8, 4) is 0 Å². The van der Waals surface area contributed by atoms with Crippen molar-refractivity contribution in [2.45, 2.75) is 59.0 Å². The summed E-state index contributed by atoms with van der Waals surface area (Å²) in [4.78, 5) is 5.06. The zero-order valence-electron chi connectivity index (χ0n) is 14.4. The Hall–Kier alpha value is -0.930. The molecule has 0 unspecified atom stereocenters. The summed E-state index contributed by atoms with van der Waals surface area (Å²) >= 11 is 0. The molecule has 2 rings (SSSR count). The molecule has 1 aliphatic heterocycles. The molecule has 0 aliphatic carbocycles. The van der Waals surface area contributed by atoms with Crippen LogP contribution < -0.4 is 0 Å². The summed E-state index contributed by atoms with van der Waals surface area (Å²) in [5, 5.41) is 0. The molecule has 3 heteroatoms. The molecule has 0 N–H and O–H groups in total. The van der Waals surface area contributed by atoms with Gasteiger partial charge in [0, 0.05) is 18.2 Å². The van der Waals surface area contributed by atoms with Gasteiger partial charge in [-0.2, -0.15) is 0 Å². The summed E-state index contributed by atoms with van der Waals surface area (Å²) in [6.45, 7) is 11.8. The van der Waals surface area contributed by atoms with Crippen molar-refractivity contribution in [1.82, 2.24) is 9.80 Å². The first-order chi connectivity index (χ1) is 10.6. The maximum absolute atomic E-state index is 14.0. The van der Waals surface area contributed by atoms with Crippen LogP contribution in [0, 0.1) is 12.7 Å². The van der Waals surface area contributed by atoms with Gasteiger partial charge in [-0.05, 0) is 70.4 Å². The van der Waals surface area contributed by atoms with E-state index in [1.807, 2.05) is 19.1 Å². The highest BCUT2D eigenvalue weighted by Crippen LogP contribution is 2.20. The Kier molecular flexibility index (Phi) is 6.84. The third-order valence-electron chi connectivity index (χ3n) is 4.70. The summed E-state index contributed by atoms with van der Waals surface area (Å²) in [5.74, 6) is -0.0549. The van der Waals surface area contributed by atoms with Crippen LogP contribution >= 0.6 is 0 Å². The number of halogens is 1. The van der Waals surface area contributed by atoms with E-state index in [0.717, 1.165) is 36.8 Å². The Morgan fingerprint density at radius 2 is 1.77 bits per heavy atom. The molecular formula is C19H31FN2. The Morgan fingerprint density at radius 3 is 2.32 bits per heavy atom. The number of piperidine rings is 1. The maximum atomic E-state index is 14.0. The van der Waals surface area contributed by atoms with Crippen LogP contribution in [-0.2, 0) is 6.54 Å². The predicted octanol–water partition coefficient (Wildman–Crippen LogP) is 4.22. The first-order valence-corrected chi connectivity index (χ1v) is 8.85. The number of likely N-dealkylation sites (tertiary alicyclic amines) is 1. The number of hydrogen-bond donors (Lipinski definition) is 0. The molecule has 1 aromatic rings. The lowest BCUT2D eigenvalue weighted by Crippen LogP contribution is -2.45. The highest BCUT2D eigenvalue weighted by Gasteiger charge is 2.24. The molecule has 1 aliphatic rings. The third-order valence-corrected chi connectivity index (χ3v) is 4.70. The molecule has 124 valence electrons. The van der Waals surface area contributed by atoms with Crippen molar-refractivity contribution in [3.63, 3.8) is 0 Å². The van der Waals surface area contributed by atoms with Crippen LogP contribution in [-0.4, -0.2) is 42.0 Å². The fourth-order valence-corrected chi connectivity index (χ4v) is 3.52. The van der Waals surface area contributed by atoms with Crippen molar-refractivity contribution >= 4 is 0 Å². The normalized spacial score (nSPS) is 17.3. The lowest BCUT2D eigenvalue weighted by molar-refractivity contribution is 0.104. The minimum Gasteiger partial charge on any atom is -0.300 e. The quantitative estimate of drug-likeness (QED) is 0.744. The Bertz CT molecular complexity index is 447. The van der Waals surface area contributed by atoms with Gasteiger partial charge in [-0.15, -0.1) is 0 Å². The Balaban J connectivity index is 1.86. The summed E-state index contributed by atoms with van der Waals surface area (Å²) in [6.07, 6.45) is 4.89. The monoisotopic (exact) mass is 306 g/mol. The van der Waals surface area contributed by atoms with Crippen molar-refractivity contribution < 1.29 is 4.39 Å². The third kappa shape index (κ3) is 4.79. The van der Waals surface area contributed by atoms with Crippen LogP contribution in [0.25, 0.3) is 0 Å². The van der Waals surface area contributed by atoms with Crippen LogP contribution in [0.15, 0.2) is 18.2 Å². The molecule has 22 heavy (non-hydrogen) atoms. The lowest BCUT2D eigenvalue weighted by atomic mass is 10.0. The molecule has 1 saturated heterocycles. The van der Waals surface area contributed by atoms with Gasteiger partial charge in [-0.3, -0.25) is 4.90 Å². The summed E-state index contributed by atoms with van der Waals surface area (Å²) in [5.41, 5.74) is 1.83. The summed E-state index contributed by atoms with van der Waals surface area (Å²) in [7, 11) is 0. The molecule has 0 saturated carbocycles. The van der Waals surface area contributed by atoms with Gasteiger partial charge >= 0.3 is 0 Å². The standard InChI is InChI=1S/C19H31FN2/c1-4-10-22(11-5-2)18-8-12-21(13-9-18)15-17-7-6-16(3)14-19(17)20/h6-7,14,18H,4-5,8-13,15H2,1-3H3. The SMILES string of the molecule is CCCN(CCC)C1CCN(Cc2ccc(C)cc2F)CC1. The van der Waals surface area contributed by atoms with Crippen molar-refractivity contribution in [1.29, 1.82) is 0 Å². The van der Waals surface area contributed by atoms with Crippen LogP contribution in [0.5, 0.6) is 0 Å². The van der Waals surface area contributed by atoms with E-state index < -0.39 is 0 Å². The van der Waals surface area contributed by atoms with E-state index in [9.17, 15) is 4.39 Å². The minimum absolute atomic E-state index is 0.0549. The van der Waals surface area contributed by atoms with Crippen LogP contribution in [0.1, 0.15) is 50.7 Å². The molecule has 0 spiro atoms. The van der Waals surface area contributed by atoms with Gasteiger partial charge in [0.2, 0.25) is 0 Å². The smallest absolute Gasteiger partial charge is 0.127 e. The Labute approximate surface area is 135 Å². The highest BCUT2D eigenvalue weighted by molar-refractivity contribution is 5.23. The number of rotatable bonds is 7. The second kappa shape index (κ2) is 8.64. The lowest BCUT2D eigenvalue weighted by Gasteiger charge is -2.38. The molecular weight excluding hydrogens is 275 g/mol. The zero-order valence-corrected chi connectivity index (χ0v) is 14.4. The molecule has 0 aromatic heterocycles. The van der Waals surface area contributed by atoms with E-state index in [1.165, 1.54) is 38.8 Å². The summed E-state index contributed by atoms with van der Waals surface area (Å²) in [6, 6.07) is 6.32. The fourth-order valence-electron chi connectivity index (χ4n) is 3.52. The van der Waals surface area contributed by atoms with Gasteiger partial charge in [-0.1, -0.05) is 26.0 Å². The van der Waals surface area contributed by atoms with E-state index in [1.54, 1.807) is 6.07 Å². The number of nitrogens with zero attached hydrogens (tertiary/aromatic N) is 2. The van der Waals surface area contributed by atoms with Crippen molar-refractivity contribution in [3.05, 3.63) is 35.1 Å². The van der Waals surface area contributed by atoms with Gasteiger partial charge in [-0.25, -0.2) is 4.39 Å². The molecule has 0 radical (unpaired) electrons. The van der Waals surface area contributed by atoms with E-state index >= 15 is 0 Å². The zero-order chi connectivity index (χ0) is 15.9. The first kappa shape index (κ1) is 17.4. The second-order valence-electron chi connectivity index (χ2n) is 6.64. The van der Waals surface area contributed by atoms with Gasteiger partial charge < -0.3 is 4.90 Å². The van der Waals surface area contributed by atoms with E-state index in [4.69, 9.17) is 0 Å². The molecule has 0 bridgehead atoms. The maximum Gasteiger partial charge on any atom is 0.127 e. The molecule has 1 fully saturated rings. The van der Waals surface area contributed by atoms with Crippen LogP contribution in [0.2, 0.25) is 0 Å². The van der Waals surface area contributed by atoms with Crippen molar-refractivity contribution in [2.24, 2.45) is 0 Å². The van der Waals surface area contributed by atoms with Gasteiger partial charge in [0.25, 0.3) is 0 Å². The van der Waals surface area contributed by atoms with E-state index in [0.29, 0.717) is 0 Å². The van der Waals surface area contributed by atoms with E-state index in [-0.39, 0.29) is 5.82 Å². The van der Waals surface area contributed by atoms with Crippen molar-refractivity contribution in [2.75, 3.05) is 26.2 Å². The van der Waals surface area contributed by atoms with Crippen LogP contribution in [0.3, 0.4) is 0 Å². The number of benzene rings is 1. The highest BCUT2D eigenvalue weighted by atomic mass is 19.1. The predicted molar refractivity (Wildman–Crippen MR) is 91.6 cm³/mol. The molecule has 0 atom stereocenters. The second-order valence-corrected chi connectivity index (χ2v) is 6.64. The van der Waals surface area contributed by atoms with E-state index in [2.05, 4.69) is 23.6 Å². The molecule has 1 heterocycles. The average molecular weight is 306 g/mol. The van der Waals surface area contributed by atoms with Crippen LogP contribution in [0.4, 0.5) is 4.39 Å². The first-order valence-electron chi connectivity index (χ1n) is 8.85. The topological polar surface area (TPSA) is 6.48 Å². The fraction of sp³-hybridized carbons (Fsp3) is 0.684. The number of hydrogen-bond acceptors (Lipinski definition) is 2. The van der Waals surface area contributed by atoms with Gasteiger partial charge in [0.1, 0.15) is 5.82 Å². The Morgan fingerprint density at radius 1 is 1.14 bits per heavy atom. The van der Waals surface area contributed by atoms with Gasteiger partial charge in [0.05, 0.1) is 0 Å². The average Bonchev–Trinajstić information content (AvgIpc) is 2.51. The largest absolute Gasteiger partial charge is 0.300 e. The number of aryl methyl sites for hydroxylation is 1.